The number of aliphatic hydroxyl groups is 4. The molecular weight excluding hydrogens is 344 g/mol. The van der Waals surface area contributed by atoms with Gasteiger partial charge in [0.15, 0.2) is 0 Å². The maximum Gasteiger partial charge on any atom is 0.295 e. The van der Waals surface area contributed by atoms with Crippen LogP contribution in [0.3, 0.4) is 0 Å². The number of ketones is 4. The Morgan fingerprint density at radius 1 is 0.500 bits per heavy atom. The van der Waals surface area contributed by atoms with Crippen LogP contribution in [0.5, 0.6) is 0 Å². The highest BCUT2D eigenvalue weighted by atomic mass is 16.5. The molecule has 2 aliphatic carbocycles. The average molecular weight is 354 g/mol. The lowest BCUT2D eigenvalue weighted by Crippen LogP contribution is -2.40. The lowest BCUT2D eigenvalue weighted by molar-refractivity contribution is -0.0857. The van der Waals surface area contributed by atoms with E-state index in [1.54, 1.807) is 0 Å². The van der Waals surface area contributed by atoms with Gasteiger partial charge >= 0.3 is 0 Å². The summed E-state index contributed by atoms with van der Waals surface area (Å²) in [4.78, 5) is 47.6. The molecule has 0 saturated carbocycles. The van der Waals surface area contributed by atoms with E-state index in [1.165, 1.54) is 36.4 Å². The summed E-state index contributed by atoms with van der Waals surface area (Å²) in [5, 5.41) is 38.3. The van der Waals surface area contributed by atoms with Crippen LogP contribution in [-0.4, -0.2) is 55.1 Å². The van der Waals surface area contributed by atoms with Gasteiger partial charge in [0.05, 0.1) is 0 Å². The summed E-state index contributed by atoms with van der Waals surface area (Å²) in [6.45, 7) is 0. The molecule has 0 atom stereocenters. The Labute approximate surface area is 144 Å². The molecule has 2 aromatic carbocycles. The van der Waals surface area contributed by atoms with Crippen molar-refractivity contribution in [1.82, 2.24) is 0 Å². The molecule has 0 spiro atoms. The van der Waals surface area contributed by atoms with E-state index in [0.29, 0.717) is 11.1 Å². The molecule has 0 bridgehead atoms. The van der Waals surface area contributed by atoms with Crippen LogP contribution in [-0.2, 0) is 0 Å². The van der Waals surface area contributed by atoms with Crippen LogP contribution >= 0.6 is 0 Å². The molecule has 0 radical (unpaired) electrons. The fraction of sp³-hybridized carbons (Fsp3) is 0.111. The molecule has 4 N–H and O–H groups in total. The Balaban J connectivity index is 1.84. The van der Waals surface area contributed by atoms with Crippen molar-refractivity contribution in [2.45, 2.75) is 11.6 Å². The van der Waals surface area contributed by atoms with Crippen molar-refractivity contribution < 1.29 is 39.6 Å². The summed E-state index contributed by atoms with van der Waals surface area (Å²) >= 11 is 0. The number of hydrogen-bond acceptors (Lipinski definition) is 8. The van der Waals surface area contributed by atoms with Crippen molar-refractivity contribution in [2.24, 2.45) is 0 Å². The fourth-order valence-corrected chi connectivity index (χ4v) is 3.18. The second kappa shape index (κ2) is 4.77. The third kappa shape index (κ3) is 1.86. The molecule has 0 heterocycles. The van der Waals surface area contributed by atoms with E-state index in [-0.39, 0.29) is 22.3 Å². The van der Waals surface area contributed by atoms with Crippen LogP contribution in [0.2, 0.25) is 0 Å². The number of benzene rings is 2. The van der Waals surface area contributed by atoms with Crippen LogP contribution in [0, 0.1) is 0 Å². The fourth-order valence-electron chi connectivity index (χ4n) is 3.18. The summed E-state index contributed by atoms with van der Waals surface area (Å²) in [6.07, 6.45) is 0. The van der Waals surface area contributed by atoms with Crippen molar-refractivity contribution in [3.05, 3.63) is 58.7 Å². The summed E-state index contributed by atoms with van der Waals surface area (Å²) < 4.78 is 0. The number of hydrogen-bond donors (Lipinski definition) is 4. The molecule has 2 aliphatic rings. The predicted molar refractivity (Wildman–Crippen MR) is 83.5 cm³/mol. The van der Waals surface area contributed by atoms with Gasteiger partial charge in [0, 0.05) is 22.3 Å². The molecule has 8 heteroatoms. The quantitative estimate of drug-likeness (QED) is 0.394. The summed E-state index contributed by atoms with van der Waals surface area (Å²) in [7, 11) is 0. The molecule has 0 aliphatic heterocycles. The van der Waals surface area contributed by atoms with Crippen LogP contribution in [0.4, 0.5) is 0 Å². The molecule has 26 heavy (non-hydrogen) atoms. The van der Waals surface area contributed by atoms with E-state index in [1.807, 2.05) is 0 Å². The first kappa shape index (κ1) is 16.4. The van der Waals surface area contributed by atoms with Gasteiger partial charge in [-0.2, -0.15) is 0 Å². The third-order valence-corrected chi connectivity index (χ3v) is 4.62. The van der Waals surface area contributed by atoms with Gasteiger partial charge in [-0.25, -0.2) is 0 Å². The summed E-state index contributed by atoms with van der Waals surface area (Å²) in [5.41, 5.74) is 0.0815. The van der Waals surface area contributed by atoms with E-state index in [9.17, 15) is 39.6 Å². The Morgan fingerprint density at radius 3 is 1.15 bits per heavy atom. The zero-order chi connectivity index (χ0) is 19.0. The topological polar surface area (TPSA) is 149 Å². The van der Waals surface area contributed by atoms with Crippen LogP contribution in [0.15, 0.2) is 36.4 Å². The SMILES string of the molecule is O=C1c2ccc(-c3ccc4c(c3)C(=O)C(O)(O)C4=O)cc2C(=O)C1(O)O. The van der Waals surface area contributed by atoms with Gasteiger partial charge in [-0.1, -0.05) is 12.1 Å². The Hall–Kier alpha value is -3.04. The minimum atomic E-state index is -3.10. The second-order valence-corrected chi connectivity index (χ2v) is 6.18. The lowest BCUT2D eigenvalue weighted by atomic mass is 9.97. The summed E-state index contributed by atoms with van der Waals surface area (Å²) in [5.74, 6) is -10.8. The maximum absolute atomic E-state index is 12.0. The van der Waals surface area contributed by atoms with Crippen molar-refractivity contribution in [2.75, 3.05) is 0 Å². The Kier molecular flexibility index (Phi) is 3.02. The van der Waals surface area contributed by atoms with Gasteiger partial charge in [-0.3, -0.25) is 19.2 Å². The Bertz CT molecular complexity index is 975. The van der Waals surface area contributed by atoms with Crippen LogP contribution < -0.4 is 0 Å². The molecule has 8 nitrogen and oxygen atoms in total. The van der Waals surface area contributed by atoms with Crippen molar-refractivity contribution >= 4 is 23.1 Å². The highest BCUT2D eigenvalue weighted by Crippen LogP contribution is 2.35. The van der Waals surface area contributed by atoms with E-state index in [4.69, 9.17) is 0 Å². The first-order valence-electron chi connectivity index (χ1n) is 7.44. The van der Waals surface area contributed by atoms with Crippen LogP contribution in [0.25, 0.3) is 11.1 Å². The molecule has 4 rings (SSSR count). The molecule has 0 amide bonds. The molecule has 2 aromatic rings. The van der Waals surface area contributed by atoms with Gasteiger partial charge in [0.2, 0.25) is 23.1 Å². The van der Waals surface area contributed by atoms with E-state index < -0.39 is 34.7 Å². The molecule has 0 aromatic heterocycles. The molecule has 0 unspecified atom stereocenters. The van der Waals surface area contributed by atoms with Crippen molar-refractivity contribution in [1.29, 1.82) is 0 Å². The van der Waals surface area contributed by atoms with E-state index in [0.717, 1.165) is 0 Å². The Morgan fingerprint density at radius 2 is 0.808 bits per heavy atom. The highest BCUT2D eigenvalue weighted by Gasteiger charge is 2.52. The number of Topliss-reactive ketones (excluding diaryl/α,β-unsaturated/α-hetero) is 4. The molecule has 0 fully saturated rings. The first-order valence-corrected chi connectivity index (χ1v) is 7.44. The minimum absolute atomic E-state index is 0.138. The smallest absolute Gasteiger partial charge is 0.295 e. The lowest BCUT2D eigenvalue weighted by Gasteiger charge is -2.08. The minimum Gasteiger partial charge on any atom is -0.353 e. The largest absolute Gasteiger partial charge is 0.353 e. The van der Waals surface area contributed by atoms with E-state index >= 15 is 0 Å². The average Bonchev–Trinajstić information content (AvgIpc) is 2.90. The number of rotatable bonds is 1. The van der Waals surface area contributed by atoms with E-state index in [2.05, 4.69) is 0 Å². The molecule has 130 valence electrons. The highest BCUT2D eigenvalue weighted by molar-refractivity contribution is 6.31. The van der Waals surface area contributed by atoms with Gasteiger partial charge < -0.3 is 20.4 Å². The zero-order valence-corrected chi connectivity index (χ0v) is 12.9. The van der Waals surface area contributed by atoms with Gasteiger partial charge in [-0.15, -0.1) is 0 Å². The first-order chi connectivity index (χ1) is 12.1. The standard InChI is InChI=1S/C18H10O8/c19-13-9-3-1-7(5-11(9)15(21)17(13,23)24)8-2-4-10-12(6-8)16(22)18(25,26)14(10)20/h1-6,23-26H. The molecular formula is C18H10O8. The number of carbonyl (C=O) groups is 4. The maximum atomic E-state index is 12.0. The number of carbonyl (C=O) groups excluding carboxylic acids is 4. The second-order valence-electron chi connectivity index (χ2n) is 6.18. The van der Waals surface area contributed by atoms with Crippen molar-refractivity contribution in [3.63, 3.8) is 0 Å². The normalized spacial score (nSPS) is 19.7. The molecule has 0 saturated heterocycles. The van der Waals surface area contributed by atoms with Crippen LogP contribution in [0.1, 0.15) is 41.4 Å². The number of fused-ring (bicyclic) bond motifs is 2. The third-order valence-electron chi connectivity index (χ3n) is 4.62. The monoisotopic (exact) mass is 354 g/mol. The van der Waals surface area contributed by atoms with Gasteiger partial charge in [0.1, 0.15) is 0 Å². The predicted octanol–water partition coefficient (Wildman–Crippen LogP) is -0.527. The van der Waals surface area contributed by atoms with Gasteiger partial charge in [-0.05, 0) is 35.4 Å². The van der Waals surface area contributed by atoms with Crippen molar-refractivity contribution in [3.8, 4) is 11.1 Å². The zero-order valence-electron chi connectivity index (χ0n) is 12.9. The van der Waals surface area contributed by atoms with Gasteiger partial charge in [0.25, 0.3) is 11.6 Å². The summed E-state index contributed by atoms with van der Waals surface area (Å²) in [6, 6.07) is 7.89.